The maximum atomic E-state index is 13.4. The van der Waals surface area contributed by atoms with Gasteiger partial charge in [0, 0.05) is 36.8 Å². The predicted octanol–water partition coefficient (Wildman–Crippen LogP) is 4.68. The zero-order valence-corrected chi connectivity index (χ0v) is 18.9. The lowest BCUT2D eigenvalue weighted by Gasteiger charge is -2.06. The average Bonchev–Trinajstić information content (AvgIpc) is 3.45. The number of halogens is 1. The van der Waals surface area contributed by atoms with Crippen molar-refractivity contribution in [1.29, 1.82) is 0 Å². The Hall–Kier alpha value is -4.46. The maximum Gasteiger partial charge on any atom is 0.419 e. The van der Waals surface area contributed by atoms with E-state index in [1.165, 1.54) is 12.1 Å². The summed E-state index contributed by atoms with van der Waals surface area (Å²) in [6.45, 7) is 0.656. The van der Waals surface area contributed by atoms with Gasteiger partial charge in [0.15, 0.2) is 5.58 Å². The number of aromatic nitrogens is 3. The minimum atomic E-state index is -0.427. The van der Waals surface area contributed by atoms with Gasteiger partial charge in [0.25, 0.3) is 0 Å². The van der Waals surface area contributed by atoms with Gasteiger partial charge < -0.3 is 9.73 Å². The van der Waals surface area contributed by atoms with E-state index in [2.05, 4.69) is 10.4 Å². The molecule has 8 heteroatoms. The van der Waals surface area contributed by atoms with Gasteiger partial charge in [0.2, 0.25) is 5.91 Å². The normalized spacial score (nSPS) is 11.1. The lowest BCUT2D eigenvalue weighted by atomic mass is 10.1. The summed E-state index contributed by atoms with van der Waals surface area (Å²) < 4.78 is 22.0. The van der Waals surface area contributed by atoms with E-state index >= 15 is 0 Å². The van der Waals surface area contributed by atoms with Crippen LogP contribution in [0.25, 0.3) is 28.0 Å². The van der Waals surface area contributed by atoms with Crippen molar-refractivity contribution in [3.63, 3.8) is 0 Å². The third-order valence-corrected chi connectivity index (χ3v) is 5.76. The highest BCUT2D eigenvalue weighted by Crippen LogP contribution is 2.24. The fraction of sp³-hybridized carbons (Fsp3) is 0.148. The summed E-state index contributed by atoms with van der Waals surface area (Å²) in [6, 6.07) is 23.0. The number of benzene rings is 3. The molecule has 1 N–H and O–H groups in total. The molecule has 0 radical (unpaired) electrons. The zero-order chi connectivity index (χ0) is 24.2. The molecule has 0 aliphatic heterocycles. The highest BCUT2D eigenvalue weighted by molar-refractivity contribution is 5.76. The van der Waals surface area contributed by atoms with Crippen molar-refractivity contribution < 1.29 is 13.6 Å². The largest absolute Gasteiger partial charge is 0.419 e. The fourth-order valence-corrected chi connectivity index (χ4v) is 4.01. The van der Waals surface area contributed by atoms with Gasteiger partial charge in [0.05, 0.1) is 16.9 Å². The number of rotatable bonds is 8. The smallest absolute Gasteiger partial charge is 0.408 e. The van der Waals surface area contributed by atoms with Crippen molar-refractivity contribution in [3.8, 4) is 16.9 Å². The number of fused-ring (bicyclic) bond motifs is 1. The van der Waals surface area contributed by atoms with E-state index in [4.69, 9.17) is 4.42 Å². The Morgan fingerprint density at radius 3 is 2.51 bits per heavy atom. The van der Waals surface area contributed by atoms with Crippen molar-refractivity contribution in [3.05, 3.63) is 107 Å². The van der Waals surface area contributed by atoms with E-state index < -0.39 is 5.76 Å². The van der Waals surface area contributed by atoms with Crippen LogP contribution in [0.4, 0.5) is 4.39 Å². The van der Waals surface area contributed by atoms with Crippen LogP contribution in [-0.4, -0.2) is 20.3 Å². The number of carbonyl (C=O) groups excluding carboxylic acids is 1. The molecule has 0 aliphatic carbocycles. The van der Waals surface area contributed by atoms with Gasteiger partial charge in [-0.15, -0.1) is 0 Å². The van der Waals surface area contributed by atoms with Gasteiger partial charge in [-0.05, 0) is 55.0 Å². The van der Waals surface area contributed by atoms with Crippen LogP contribution in [-0.2, 0) is 17.9 Å². The summed E-state index contributed by atoms with van der Waals surface area (Å²) >= 11 is 0. The van der Waals surface area contributed by atoms with Crippen LogP contribution in [0.5, 0.6) is 0 Å². The molecule has 176 valence electrons. The molecule has 0 fully saturated rings. The molecular formula is C27H23FN4O3. The molecule has 0 aliphatic rings. The van der Waals surface area contributed by atoms with Crippen LogP contribution in [0, 0.1) is 5.82 Å². The summed E-state index contributed by atoms with van der Waals surface area (Å²) in [5, 5.41) is 7.63. The number of oxazole rings is 1. The van der Waals surface area contributed by atoms with E-state index in [0.717, 1.165) is 22.3 Å². The summed E-state index contributed by atoms with van der Waals surface area (Å²) in [6.07, 6.45) is 2.61. The summed E-state index contributed by atoms with van der Waals surface area (Å²) in [5.41, 5.74) is 4.38. The van der Waals surface area contributed by atoms with Crippen molar-refractivity contribution >= 4 is 17.0 Å². The van der Waals surface area contributed by atoms with E-state index in [-0.39, 0.29) is 24.7 Å². The topological polar surface area (TPSA) is 82.1 Å². The molecule has 5 rings (SSSR count). The first-order chi connectivity index (χ1) is 17.1. The third-order valence-electron chi connectivity index (χ3n) is 5.76. The lowest BCUT2D eigenvalue weighted by Crippen LogP contribution is -2.23. The molecule has 0 unspecified atom stereocenters. The Bertz CT molecular complexity index is 1520. The van der Waals surface area contributed by atoms with E-state index in [1.807, 2.05) is 54.7 Å². The Labute approximate surface area is 200 Å². The van der Waals surface area contributed by atoms with Crippen molar-refractivity contribution in [2.45, 2.75) is 25.9 Å². The van der Waals surface area contributed by atoms with Crippen LogP contribution >= 0.6 is 0 Å². The Morgan fingerprint density at radius 1 is 0.971 bits per heavy atom. The molecule has 0 bridgehead atoms. The summed E-state index contributed by atoms with van der Waals surface area (Å²) in [5.74, 6) is -0.886. The van der Waals surface area contributed by atoms with E-state index in [0.29, 0.717) is 24.2 Å². The Morgan fingerprint density at radius 2 is 1.71 bits per heavy atom. The van der Waals surface area contributed by atoms with Crippen LogP contribution in [0.1, 0.15) is 18.4 Å². The van der Waals surface area contributed by atoms with Crippen LogP contribution < -0.4 is 11.1 Å². The van der Waals surface area contributed by atoms with Gasteiger partial charge in [-0.3, -0.25) is 9.36 Å². The zero-order valence-electron chi connectivity index (χ0n) is 18.9. The monoisotopic (exact) mass is 470 g/mol. The first-order valence-corrected chi connectivity index (χ1v) is 11.3. The molecular weight excluding hydrogens is 447 g/mol. The molecule has 35 heavy (non-hydrogen) atoms. The molecule has 0 saturated heterocycles. The molecule has 0 spiro atoms. The van der Waals surface area contributed by atoms with Crippen molar-refractivity contribution in [1.82, 2.24) is 19.7 Å². The molecule has 7 nitrogen and oxygen atoms in total. The number of para-hydroxylation sites is 3. The Balaban J connectivity index is 1.27. The van der Waals surface area contributed by atoms with Crippen molar-refractivity contribution in [2.24, 2.45) is 0 Å². The number of amides is 1. The minimum absolute atomic E-state index is 0.136. The van der Waals surface area contributed by atoms with Gasteiger partial charge in [-0.2, -0.15) is 5.10 Å². The van der Waals surface area contributed by atoms with Crippen LogP contribution in [0.3, 0.4) is 0 Å². The number of aryl methyl sites for hydroxylation is 1. The van der Waals surface area contributed by atoms with Gasteiger partial charge >= 0.3 is 5.76 Å². The molecule has 0 saturated carbocycles. The summed E-state index contributed by atoms with van der Waals surface area (Å²) in [4.78, 5) is 24.7. The van der Waals surface area contributed by atoms with Crippen molar-refractivity contribution in [2.75, 3.05) is 0 Å². The number of carbonyl (C=O) groups is 1. The molecule has 5 aromatic rings. The number of nitrogens with zero attached hydrogens (tertiary/aromatic N) is 3. The average molecular weight is 471 g/mol. The molecule has 2 heterocycles. The lowest BCUT2D eigenvalue weighted by molar-refractivity contribution is -0.121. The quantitative estimate of drug-likeness (QED) is 0.357. The van der Waals surface area contributed by atoms with Gasteiger partial charge in [-0.1, -0.05) is 30.3 Å². The van der Waals surface area contributed by atoms with Gasteiger partial charge in [0.1, 0.15) is 5.82 Å². The number of hydrogen-bond acceptors (Lipinski definition) is 4. The summed E-state index contributed by atoms with van der Waals surface area (Å²) in [7, 11) is 0. The molecule has 1 amide bonds. The van der Waals surface area contributed by atoms with Crippen LogP contribution in [0.2, 0.25) is 0 Å². The second-order valence-corrected chi connectivity index (χ2v) is 8.16. The molecule has 0 atom stereocenters. The SMILES string of the molecule is O=C(CCCn1c(=O)oc2ccccc21)NCc1cn(-c2ccccc2)nc1-c1ccc(F)cc1. The Kier molecular flexibility index (Phi) is 6.26. The maximum absolute atomic E-state index is 13.4. The first-order valence-electron chi connectivity index (χ1n) is 11.3. The minimum Gasteiger partial charge on any atom is -0.408 e. The second-order valence-electron chi connectivity index (χ2n) is 8.16. The highest BCUT2D eigenvalue weighted by atomic mass is 19.1. The number of nitrogens with one attached hydrogen (secondary N) is 1. The predicted molar refractivity (Wildman–Crippen MR) is 131 cm³/mol. The standard InChI is InChI=1S/C27H23FN4O3/c28-21-14-12-19(13-15-21)26-20(18-32(30-26)22-7-2-1-3-8-22)17-29-25(33)11-6-16-31-23-9-4-5-10-24(23)35-27(31)34/h1-5,7-10,12-15,18H,6,11,16-17H2,(H,29,33). The third kappa shape index (κ3) is 4.91. The van der Waals surface area contributed by atoms with E-state index in [9.17, 15) is 14.0 Å². The number of hydrogen-bond donors (Lipinski definition) is 1. The van der Waals surface area contributed by atoms with Gasteiger partial charge in [-0.25, -0.2) is 13.9 Å². The molecule has 2 aromatic heterocycles. The van der Waals surface area contributed by atoms with Crippen LogP contribution in [0.15, 0.2) is 94.3 Å². The first kappa shape index (κ1) is 22.3. The highest BCUT2D eigenvalue weighted by Gasteiger charge is 2.14. The fourth-order valence-electron chi connectivity index (χ4n) is 4.01. The second kappa shape index (κ2) is 9.80. The van der Waals surface area contributed by atoms with E-state index in [1.54, 1.807) is 27.4 Å². The molecule has 3 aromatic carbocycles.